The molecule has 68 valence electrons. The van der Waals surface area contributed by atoms with Gasteiger partial charge in [0.1, 0.15) is 5.76 Å². The number of halogens is 3. The predicted octanol–water partition coefficient (Wildman–Crippen LogP) is 2.82. The predicted molar refractivity (Wildman–Crippen MR) is 40.5 cm³/mol. The van der Waals surface area contributed by atoms with Crippen molar-refractivity contribution in [2.75, 3.05) is 7.11 Å². The molecule has 4 heteroatoms. The normalized spacial score (nSPS) is 13.3. The number of rotatable bonds is 3. The lowest BCUT2D eigenvalue weighted by molar-refractivity contribution is -0.0908. The summed E-state index contributed by atoms with van der Waals surface area (Å²) >= 11 is 0. The van der Waals surface area contributed by atoms with Gasteiger partial charge in [0.05, 0.1) is 12.7 Å². The Bertz CT molecular complexity index is 213. The molecular formula is C8H9F3O. The zero-order chi connectivity index (χ0) is 9.78. The molecule has 0 aromatic heterocycles. The molecule has 0 bridgehead atoms. The second-order valence-corrected chi connectivity index (χ2v) is 1.89. The number of hydrogen-bond acceptors (Lipinski definition) is 1. The molecule has 0 aliphatic carbocycles. The summed E-state index contributed by atoms with van der Waals surface area (Å²) in [4.78, 5) is 0. The van der Waals surface area contributed by atoms with Crippen molar-refractivity contribution in [3.05, 3.63) is 36.6 Å². The monoisotopic (exact) mass is 178 g/mol. The van der Waals surface area contributed by atoms with Crippen molar-refractivity contribution in [2.24, 2.45) is 0 Å². The van der Waals surface area contributed by atoms with Crippen LogP contribution in [0.4, 0.5) is 13.2 Å². The Balaban J connectivity index is 5.09. The summed E-state index contributed by atoms with van der Waals surface area (Å²) in [5.41, 5.74) is -0.917. The smallest absolute Gasteiger partial charge is 0.419 e. The van der Waals surface area contributed by atoms with Crippen LogP contribution in [0.2, 0.25) is 0 Å². The highest BCUT2D eigenvalue weighted by atomic mass is 19.4. The SMILES string of the molecule is C=C/C(OC)=C(\C=C)C(F)(F)F. The Morgan fingerprint density at radius 1 is 1.25 bits per heavy atom. The Hall–Kier alpha value is -1.19. The van der Waals surface area contributed by atoms with Gasteiger partial charge >= 0.3 is 6.18 Å². The third-order valence-electron chi connectivity index (χ3n) is 1.18. The number of methoxy groups -OCH3 is 1. The van der Waals surface area contributed by atoms with E-state index in [2.05, 4.69) is 17.9 Å². The highest BCUT2D eigenvalue weighted by Gasteiger charge is 2.34. The van der Waals surface area contributed by atoms with Crippen LogP contribution in [0.25, 0.3) is 0 Å². The molecule has 0 aromatic rings. The van der Waals surface area contributed by atoms with Crippen LogP contribution in [0.1, 0.15) is 0 Å². The second-order valence-electron chi connectivity index (χ2n) is 1.89. The lowest BCUT2D eigenvalue weighted by Crippen LogP contribution is -2.12. The first-order chi connectivity index (χ1) is 5.47. The van der Waals surface area contributed by atoms with Gasteiger partial charge in [0.25, 0.3) is 0 Å². The molecule has 1 nitrogen and oxygen atoms in total. The molecule has 0 unspecified atom stereocenters. The summed E-state index contributed by atoms with van der Waals surface area (Å²) in [6, 6.07) is 0. The first kappa shape index (κ1) is 10.8. The topological polar surface area (TPSA) is 9.23 Å². The third-order valence-corrected chi connectivity index (χ3v) is 1.18. The van der Waals surface area contributed by atoms with Gasteiger partial charge in [0, 0.05) is 0 Å². The first-order valence-electron chi connectivity index (χ1n) is 3.07. The molecule has 0 aliphatic heterocycles. The van der Waals surface area contributed by atoms with E-state index in [4.69, 9.17) is 0 Å². The number of hydrogen-bond donors (Lipinski definition) is 0. The summed E-state index contributed by atoms with van der Waals surface area (Å²) in [5.74, 6) is -0.322. The lowest BCUT2D eigenvalue weighted by atomic mass is 10.2. The highest BCUT2D eigenvalue weighted by molar-refractivity contribution is 5.30. The van der Waals surface area contributed by atoms with Gasteiger partial charge in [0.15, 0.2) is 0 Å². The maximum atomic E-state index is 12.1. The molecular weight excluding hydrogens is 169 g/mol. The molecule has 0 fully saturated rings. The average molecular weight is 178 g/mol. The van der Waals surface area contributed by atoms with Gasteiger partial charge in [-0.25, -0.2) is 0 Å². The highest BCUT2D eigenvalue weighted by Crippen LogP contribution is 2.29. The fraction of sp³-hybridized carbons (Fsp3) is 0.250. The van der Waals surface area contributed by atoms with Crippen LogP contribution in [-0.4, -0.2) is 13.3 Å². The molecule has 0 heterocycles. The Morgan fingerprint density at radius 2 is 1.75 bits per heavy atom. The van der Waals surface area contributed by atoms with E-state index in [1.807, 2.05) is 0 Å². The van der Waals surface area contributed by atoms with Crippen molar-refractivity contribution in [3.8, 4) is 0 Å². The van der Waals surface area contributed by atoms with Gasteiger partial charge in [-0.15, -0.1) is 0 Å². The molecule has 0 amide bonds. The minimum Gasteiger partial charge on any atom is -0.496 e. The summed E-state index contributed by atoms with van der Waals surface area (Å²) < 4.78 is 40.7. The van der Waals surface area contributed by atoms with E-state index in [0.717, 1.165) is 13.2 Å². The largest absolute Gasteiger partial charge is 0.496 e. The molecule has 0 saturated heterocycles. The average Bonchev–Trinajstić information content (AvgIpc) is 1.97. The zero-order valence-electron chi connectivity index (χ0n) is 6.61. The van der Waals surface area contributed by atoms with Crippen molar-refractivity contribution in [1.82, 2.24) is 0 Å². The number of allylic oxidation sites excluding steroid dienone is 3. The van der Waals surface area contributed by atoms with E-state index < -0.39 is 11.7 Å². The van der Waals surface area contributed by atoms with E-state index in [9.17, 15) is 13.2 Å². The van der Waals surface area contributed by atoms with Gasteiger partial charge in [-0.3, -0.25) is 0 Å². The molecule has 0 rings (SSSR count). The van der Waals surface area contributed by atoms with Crippen LogP contribution >= 0.6 is 0 Å². The van der Waals surface area contributed by atoms with Gasteiger partial charge in [-0.1, -0.05) is 19.2 Å². The second kappa shape index (κ2) is 3.99. The van der Waals surface area contributed by atoms with Crippen LogP contribution in [0.15, 0.2) is 36.6 Å². The fourth-order valence-electron chi connectivity index (χ4n) is 0.659. The van der Waals surface area contributed by atoms with Crippen molar-refractivity contribution in [2.45, 2.75) is 6.18 Å². The zero-order valence-corrected chi connectivity index (χ0v) is 6.61. The Morgan fingerprint density at radius 3 is 1.83 bits per heavy atom. The van der Waals surface area contributed by atoms with Crippen molar-refractivity contribution in [3.63, 3.8) is 0 Å². The quantitative estimate of drug-likeness (QED) is 0.477. The summed E-state index contributed by atoms with van der Waals surface area (Å²) in [5, 5.41) is 0. The minimum absolute atomic E-state index is 0.322. The van der Waals surface area contributed by atoms with Crippen molar-refractivity contribution < 1.29 is 17.9 Å². The molecule has 0 spiro atoms. The fourth-order valence-corrected chi connectivity index (χ4v) is 0.659. The number of ether oxygens (including phenoxy) is 1. The number of alkyl halides is 3. The van der Waals surface area contributed by atoms with Crippen LogP contribution in [-0.2, 0) is 4.74 Å². The Labute approximate surface area is 68.8 Å². The molecule has 0 saturated carbocycles. The first-order valence-corrected chi connectivity index (χ1v) is 3.07. The maximum absolute atomic E-state index is 12.1. The summed E-state index contributed by atoms with van der Waals surface area (Å²) in [7, 11) is 1.15. The van der Waals surface area contributed by atoms with Gasteiger partial charge in [-0.05, 0) is 6.08 Å². The van der Waals surface area contributed by atoms with Crippen molar-refractivity contribution >= 4 is 0 Å². The molecule has 0 N–H and O–H groups in total. The van der Waals surface area contributed by atoms with Crippen molar-refractivity contribution in [1.29, 1.82) is 0 Å². The molecule has 12 heavy (non-hydrogen) atoms. The molecule has 0 atom stereocenters. The molecule has 0 radical (unpaired) electrons. The third kappa shape index (κ3) is 2.45. The van der Waals surface area contributed by atoms with Gasteiger partial charge in [0.2, 0.25) is 0 Å². The maximum Gasteiger partial charge on any atom is 0.419 e. The lowest BCUT2D eigenvalue weighted by Gasteiger charge is -2.10. The van der Waals surface area contributed by atoms with Gasteiger partial charge < -0.3 is 4.74 Å². The standard InChI is InChI=1S/C8H9F3O/c1-4-6(8(9,10)11)7(5-2)12-3/h4-5H,1-2H2,3H3/b7-6-. The van der Waals surface area contributed by atoms with E-state index >= 15 is 0 Å². The minimum atomic E-state index is -4.44. The van der Waals surface area contributed by atoms with E-state index in [0.29, 0.717) is 6.08 Å². The molecule has 0 aliphatic rings. The van der Waals surface area contributed by atoms with Crippen LogP contribution in [0.5, 0.6) is 0 Å². The van der Waals surface area contributed by atoms with E-state index in [1.165, 1.54) is 0 Å². The summed E-state index contributed by atoms with van der Waals surface area (Å²) in [6.07, 6.45) is -2.76. The summed E-state index contributed by atoms with van der Waals surface area (Å²) in [6.45, 7) is 6.22. The van der Waals surface area contributed by atoms with Gasteiger partial charge in [-0.2, -0.15) is 13.2 Å². The van der Waals surface area contributed by atoms with Crippen LogP contribution in [0, 0.1) is 0 Å². The molecule has 0 aromatic carbocycles. The van der Waals surface area contributed by atoms with E-state index in [-0.39, 0.29) is 5.76 Å². The Kier molecular flexibility index (Phi) is 3.60. The van der Waals surface area contributed by atoms with E-state index in [1.54, 1.807) is 0 Å². The van der Waals surface area contributed by atoms with Crippen LogP contribution < -0.4 is 0 Å². The van der Waals surface area contributed by atoms with Crippen LogP contribution in [0.3, 0.4) is 0 Å².